The fourth-order valence-electron chi connectivity index (χ4n) is 13.2. The van der Waals surface area contributed by atoms with Crippen LogP contribution in [0.3, 0.4) is 0 Å². The number of urea groups is 2. The number of aromatic amines is 1. The second-order valence-electron chi connectivity index (χ2n) is 24.1. The Hall–Kier alpha value is -9.94. The number of aliphatic imine (C=N–C) groups is 2. The molecule has 0 spiro atoms. The van der Waals surface area contributed by atoms with Gasteiger partial charge in [-0.05, 0) is 84.8 Å². The SMILES string of the molecule is COC(=O)C1=C(CN2CCN3C(=O)N(c4ccc(-c5cc(C(C)=O)ccc5F)cc4)C[C@@H]3C2)NC(c2nccs2)=N[C@H]1c1ccc(F)cc1Cl.COC(=O)C1=C(CN2CCN3C(=O)N(c4ccc(-c5cnc(-c6nccs6)[nH]5)cc4)C[C@@H]3C2)NC(c2nccs2)=N[C@H]1c1ccc(F)cc1Cl. The molecule has 4 atom stereocenters. The number of H-pyrrole nitrogens is 1. The highest BCUT2D eigenvalue weighted by atomic mass is 35.5. The van der Waals surface area contributed by atoms with Gasteiger partial charge in [0.15, 0.2) is 38.3 Å². The minimum atomic E-state index is -0.878. The van der Waals surface area contributed by atoms with Crippen LogP contribution < -0.4 is 20.4 Å². The molecule has 22 nitrogen and oxygen atoms in total. The number of thiazole rings is 3. The third-order valence-corrected chi connectivity index (χ3v) is 21.0. The molecule has 4 fully saturated rings. The van der Waals surface area contributed by atoms with Gasteiger partial charge in [0, 0.05) is 155 Å². The monoisotopic (exact) mass is 1450 g/mol. The maximum Gasteiger partial charge on any atom is 0.338 e. The molecule has 100 heavy (non-hydrogen) atoms. The minimum absolute atomic E-state index is 0.0375. The summed E-state index contributed by atoms with van der Waals surface area (Å²) in [6.45, 7) is 6.25. The topological polar surface area (TPSA) is 239 Å². The van der Waals surface area contributed by atoms with Crippen molar-refractivity contribution in [1.82, 2.24) is 55.2 Å². The van der Waals surface area contributed by atoms with E-state index in [0.717, 1.165) is 27.8 Å². The Kier molecular flexibility index (Phi) is 19.3. The zero-order chi connectivity index (χ0) is 69.5. The summed E-state index contributed by atoms with van der Waals surface area (Å²) in [5.41, 5.74) is 7.23. The number of fused-ring (bicyclic) bond motifs is 2. The summed E-state index contributed by atoms with van der Waals surface area (Å²) in [5.74, 6) is -1.12. The number of esters is 2. The predicted octanol–water partition coefficient (Wildman–Crippen LogP) is 11.7. The number of Topliss-reactive ketones (excluding diaryl/α,β-unsaturated/α-hetero) is 1. The standard InChI is InChI=1S/C36H31ClF2N6O4S.C34H29ClFN9O3S2/c1-20(46)22-5-10-29(39)27(15-22)21-3-7-24(8-4-21)45-18-25-17-43(12-13-44(25)36(45)48)19-30-31(35(47)49-2)32(26-9-6-23(38)16-28(26)37)42-33(41-30)34-40-11-14-50-34;1-48-33(46)27-26(41-30(32-38-9-13-50-32)42-28(27)23-7-4-20(36)14-24(23)35)18-43-10-11-44-22(16-43)17-45(34(44)47)21-5-2-19(3-6-21)25-15-39-29(40-25)31-37-8-12-49-31/h3-11,14-16,25,32H,12-13,17-19H2,1-2H3,(H,41,42);2-9,12-15,22,28H,10-11,16-18H2,1H3,(H,39,40)(H,41,42)/t25-,32-;22-,28-/m00/s1. The number of hydrogen-bond acceptors (Lipinski definition) is 20. The van der Waals surface area contributed by atoms with Gasteiger partial charge in [0.25, 0.3) is 0 Å². The molecule has 6 aliphatic heterocycles. The van der Waals surface area contributed by atoms with Gasteiger partial charge in [0.1, 0.15) is 29.5 Å². The van der Waals surface area contributed by atoms with Crippen molar-refractivity contribution in [2.75, 3.05) is 89.5 Å². The maximum atomic E-state index is 14.7. The fourth-order valence-corrected chi connectivity index (χ4v) is 15.5. The average Bonchev–Trinajstić information content (AvgIpc) is 1.21. The molecule has 9 aromatic rings. The first-order valence-electron chi connectivity index (χ1n) is 31.6. The molecule has 0 saturated carbocycles. The number of halogens is 5. The van der Waals surface area contributed by atoms with Gasteiger partial charge in [-0.25, -0.2) is 52.3 Å². The first-order chi connectivity index (χ1) is 48.5. The van der Waals surface area contributed by atoms with Gasteiger partial charge >= 0.3 is 24.0 Å². The van der Waals surface area contributed by atoms with Gasteiger partial charge in [-0.2, -0.15) is 0 Å². The molecule has 510 valence electrons. The maximum absolute atomic E-state index is 14.7. The molecule has 6 aliphatic rings. The van der Waals surface area contributed by atoms with Gasteiger partial charge in [0.05, 0.1) is 49.3 Å². The quantitative estimate of drug-likeness (QED) is 0.0602. The Balaban J connectivity index is 0.000000170. The van der Waals surface area contributed by atoms with E-state index in [1.807, 2.05) is 55.1 Å². The van der Waals surface area contributed by atoms with Crippen molar-refractivity contribution in [3.8, 4) is 33.2 Å². The van der Waals surface area contributed by atoms with Crippen LogP contribution in [0, 0.1) is 17.5 Å². The fraction of sp³-hybridized carbons (Fsp3) is 0.243. The Morgan fingerprint density at radius 3 is 1.48 bits per heavy atom. The van der Waals surface area contributed by atoms with E-state index in [1.54, 1.807) is 54.0 Å². The van der Waals surface area contributed by atoms with Crippen LogP contribution in [0.1, 0.15) is 50.5 Å². The van der Waals surface area contributed by atoms with Crippen molar-refractivity contribution in [3.05, 3.63) is 221 Å². The highest BCUT2D eigenvalue weighted by Crippen LogP contribution is 2.41. The van der Waals surface area contributed by atoms with Crippen LogP contribution in [0.25, 0.3) is 33.2 Å². The van der Waals surface area contributed by atoms with Crippen molar-refractivity contribution >= 4 is 110 Å². The number of nitrogens with zero attached hydrogens (tertiary/aromatic N) is 12. The zero-order valence-corrected chi connectivity index (χ0v) is 57.5. The predicted molar refractivity (Wildman–Crippen MR) is 376 cm³/mol. The summed E-state index contributed by atoms with van der Waals surface area (Å²) in [4.78, 5) is 108. The van der Waals surface area contributed by atoms with Crippen LogP contribution in [-0.2, 0) is 19.1 Å². The molecule has 0 radical (unpaired) electrons. The Morgan fingerprint density at radius 2 is 1.04 bits per heavy atom. The van der Waals surface area contributed by atoms with Crippen molar-refractivity contribution < 1.29 is 46.6 Å². The molecule has 10 heterocycles. The van der Waals surface area contributed by atoms with Crippen molar-refractivity contribution in [3.63, 3.8) is 0 Å². The first kappa shape index (κ1) is 67.3. The summed E-state index contributed by atoms with van der Waals surface area (Å²) in [6.07, 6.45) is 6.86. The van der Waals surface area contributed by atoms with E-state index in [0.29, 0.717) is 132 Å². The number of benzene rings is 5. The summed E-state index contributed by atoms with van der Waals surface area (Å²) < 4.78 is 53.2. The minimum Gasteiger partial charge on any atom is -0.466 e. The molecular formula is C70H60Cl2F3N15O7S3. The molecule has 0 aliphatic carbocycles. The normalized spacial score (nSPS) is 19.4. The smallest absolute Gasteiger partial charge is 0.338 e. The third-order valence-electron chi connectivity index (χ3n) is 18.0. The number of hydrogen-bond donors (Lipinski definition) is 3. The summed E-state index contributed by atoms with van der Waals surface area (Å²) in [6, 6.07) is 25.1. The number of carbonyl (C=O) groups is 5. The van der Waals surface area contributed by atoms with E-state index in [-0.39, 0.29) is 51.1 Å². The van der Waals surface area contributed by atoms with Crippen LogP contribution in [0.15, 0.2) is 177 Å². The number of nitrogens with one attached hydrogen (secondary N) is 3. The van der Waals surface area contributed by atoms with Crippen LogP contribution in [-0.4, -0.2) is 178 Å². The van der Waals surface area contributed by atoms with Crippen LogP contribution in [0.2, 0.25) is 10.0 Å². The molecule has 5 aromatic carbocycles. The molecule has 0 unspecified atom stereocenters. The second-order valence-corrected chi connectivity index (χ2v) is 27.6. The zero-order valence-electron chi connectivity index (χ0n) is 53.6. The number of amidine groups is 2. The van der Waals surface area contributed by atoms with Crippen molar-refractivity contribution in [2.45, 2.75) is 31.1 Å². The Bertz CT molecular complexity index is 4770. The lowest BCUT2D eigenvalue weighted by Gasteiger charge is -2.38. The number of ether oxygens (including phenoxy) is 2. The number of piperazine rings is 2. The summed E-state index contributed by atoms with van der Waals surface area (Å²) in [7, 11) is 2.61. The van der Waals surface area contributed by atoms with Gasteiger partial charge in [-0.15, -0.1) is 34.0 Å². The number of carbonyl (C=O) groups excluding carboxylic acids is 5. The molecular weight excluding hydrogens is 1390 g/mol. The van der Waals surface area contributed by atoms with E-state index in [1.165, 1.54) is 110 Å². The summed E-state index contributed by atoms with van der Waals surface area (Å²) in [5, 5.41) is 14.6. The second kappa shape index (κ2) is 28.7. The van der Waals surface area contributed by atoms with Crippen LogP contribution in [0.5, 0.6) is 0 Å². The molecule has 4 aromatic heterocycles. The molecule has 15 rings (SSSR count). The van der Waals surface area contributed by atoms with Gasteiger partial charge < -0.3 is 34.9 Å². The average molecular weight is 1450 g/mol. The Labute approximate surface area is 592 Å². The Morgan fingerprint density at radius 1 is 0.570 bits per heavy atom. The number of methoxy groups -OCH3 is 2. The highest BCUT2D eigenvalue weighted by Gasteiger charge is 2.45. The molecule has 0 bridgehead atoms. The number of anilines is 2. The van der Waals surface area contributed by atoms with E-state index < -0.39 is 41.5 Å². The van der Waals surface area contributed by atoms with Crippen LogP contribution >= 0.6 is 57.2 Å². The third kappa shape index (κ3) is 13.7. The number of imidazole rings is 1. The van der Waals surface area contributed by atoms with E-state index in [9.17, 15) is 37.1 Å². The van der Waals surface area contributed by atoms with Crippen LogP contribution in [0.4, 0.5) is 34.1 Å². The number of rotatable bonds is 16. The van der Waals surface area contributed by atoms with E-state index in [2.05, 4.69) is 45.4 Å². The molecule has 4 saturated heterocycles. The van der Waals surface area contributed by atoms with E-state index >= 15 is 0 Å². The lowest BCUT2D eigenvalue weighted by Crippen LogP contribution is -2.53. The van der Waals surface area contributed by atoms with Gasteiger partial charge in [-0.3, -0.25) is 34.4 Å². The number of amides is 4. The molecule has 4 amide bonds. The van der Waals surface area contributed by atoms with Gasteiger partial charge in [0.2, 0.25) is 0 Å². The lowest BCUT2D eigenvalue weighted by molar-refractivity contribution is -0.137. The molecule has 3 N–H and O–H groups in total. The number of aromatic nitrogens is 5. The van der Waals surface area contributed by atoms with Crippen molar-refractivity contribution in [2.24, 2.45) is 9.98 Å². The molecule has 30 heteroatoms. The lowest BCUT2D eigenvalue weighted by atomic mass is 9.95. The van der Waals surface area contributed by atoms with E-state index in [4.69, 9.17) is 42.7 Å². The summed E-state index contributed by atoms with van der Waals surface area (Å²) >= 11 is 17.3. The van der Waals surface area contributed by atoms with Gasteiger partial charge in [-0.1, -0.05) is 59.6 Å². The largest absolute Gasteiger partial charge is 0.466 e. The highest BCUT2D eigenvalue weighted by molar-refractivity contribution is 7.13. The number of ketones is 1. The first-order valence-corrected chi connectivity index (χ1v) is 35.0. The van der Waals surface area contributed by atoms with Crippen molar-refractivity contribution in [1.29, 1.82) is 0 Å².